The lowest BCUT2D eigenvalue weighted by Gasteiger charge is -2.07. The van der Waals surface area contributed by atoms with Gasteiger partial charge in [0.1, 0.15) is 10.7 Å². The van der Waals surface area contributed by atoms with Crippen LogP contribution in [0.4, 0.5) is 4.39 Å². The molecule has 1 aliphatic rings. The first-order valence-electron chi connectivity index (χ1n) is 4.77. The molecule has 0 unspecified atom stereocenters. The van der Waals surface area contributed by atoms with E-state index < -0.39 is 15.8 Å². The molecule has 1 aliphatic carbocycles. The van der Waals surface area contributed by atoms with Crippen molar-refractivity contribution in [2.24, 2.45) is 0 Å². The number of rotatable bonds is 3. The highest BCUT2D eigenvalue weighted by Gasteiger charge is 2.29. The Balaban J connectivity index is 2.38. The molecule has 0 aromatic heterocycles. The van der Waals surface area contributed by atoms with E-state index in [0.29, 0.717) is 0 Å². The maximum atomic E-state index is 13.3. The zero-order valence-electron chi connectivity index (χ0n) is 8.33. The summed E-state index contributed by atoms with van der Waals surface area (Å²) in [6.45, 7) is 1.73. The second-order valence-electron chi connectivity index (χ2n) is 3.83. The average Bonchev–Trinajstić information content (AvgIpc) is 2.92. The normalized spacial score (nSPS) is 16.7. The van der Waals surface area contributed by atoms with Crippen LogP contribution in [0.15, 0.2) is 23.1 Å². The molecule has 2 rings (SSSR count). The van der Waals surface area contributed by atoms with Crippen molar-refractivity contribution in [2.75, 3.05) is 0 Å². The predicted octanol–water partition coefficient (Wildman–Crippen LogP) is 1.57. The van der Waals surface area contributed by atoms with Crippen LogP contribution in [0.5, 0.6) is 0 Å². The SMILES string of the molecule is Cc1ccc(F)c(S(=O)(=O)NC2CC2)c1. The summed E-state index contributed by atoms with van der Waals surface area (Å²) in [5.74, 6) is -0.700. The number of sulfonamides is 1. The summed E-state index contributed by atoms with van der Waals surface area (Å²) >= 11 is 0. The topological polar surface area (TPSA) is 46.2 Å². The molecular formula is C10H12FNO2S. The summed E-state index contributed by atoms with van der Waals surface area (Å²) in [6.07, 6.45) is 1.68. The van der Waals surface area contributed by atoms with Crippen LogP contribution >= 0.6 is 0 Å². The van der Waals surface area contributed by atoms with E-state index in [1.54, 1.807) is 13.0 Å². The van der Waals surface area contributed by atoms with Crippen LogP contribution in [0.2, 0.25) is 0 Å². The zero-order valence-corrected chi connectivity index (χ0v) is 9.14. The fourth-order valence-electron chi connectivity index (χ4n) is 1.30. The Labute approximate surface area is 88.4 Å². The van der Waals surface area contributed by atoms with Gasteiger partial charge in [-0.2, -0.15) is 0 Å². The van der Waals surface area contributed by atoms with E-state index in [4.69, 9.17) is 0 Å². The molecule has 0 saturated heterocycles. The van der Waals surface area contributed by atoms with Crippen molar-refractivity contribution in [3.05, 3.63) is 29.6 Å². The third kappa shape index (κ3) is 2.35. The minimum atomic E-state index is -3.68. The number of benzene rings is 1. The molecule has 15 heavy (non-hydrogen) atoms. The second kappa shape index (κ2) is 3.57. The Kier molecular flexibility index (Phi) is 2.52. The van der Waals surface area contributed by atoms with Gasteiger partial charge in [0, 0.05) is 6.04 Å². The highest BCUT2D eigenvalue weighted by molar-refractivity contribution is 7.89. The van der Waals surface area contributed by atoms with Gasteiger partial charge in [-0.3, -0.25) is 0 Å². The monoisotopic (exact) mass is 229 g/mol. The van der Waals surface area contributed by atoms with Crippen molar-refractivity contribution in [1.82, 2.24) is 4.72 Å². The van der Waals surface area contributed by atoms with Crippen molar-refractivity contribution < 1.29 is 12.8 Å². The Morgan fingerprint density at radius 1 is 1.40 bits per heavy atom. The first-order chi connectivity index (χ1) is 6.99. The van der Waals surface area contributed by atoms with Gasteiger partial charge in [-0.15, -0.1) is 0 Å². The summed E-state index contributed by atoms with van der Waals surface area (Å²) in [5.41, 5.74) is 0.729. The zero-order chi connectivity index (χ0) is 11.1. The van der Waals surface area contributed by atoms with Crippen LogP contribution in [0.3, 0.4) is 0 Å². The fraction of sp³-hybridized carbons (Fsp3) is 0.400. The summed E-state index contributed by atoms with van der Waals surface area (Å²) in [6, 6.07) is 4.07. The van der Waals surface area contributed by atoms with E-state index in [1.807, 2.05) is 0 Å². The largest absolute Gasteiger partial charge is 0.243 e. The number of hydrogen-bond donors (Lipinski definition) is 1. The van der Waals surface area contributed by atoms with Crippen molar-refractivity contribution in [1.29, 1.82) is 0 Å². The molecule has 0 amide bonds. The third-order valence-corrected chi connectivity index (χ3v) is 3.81. The van der Waals surface area contributed by atoms with Crippen molar-refractivity contribution in [3.8, 4) is 0 Å². The highest BCUT2D eigenvalue weighted by Crippen LogP contribution is 2.23. The first kappa shape index (κ1) is 10.6. The quantitative estimate of drug-likeness (QED) is 0.855. The Bertz CT molecular complexity index is 480. The maximum Gasteiger partial charge on any atom is 0.243 e. The number of halogens is 1. The number of hydrogen-bond acceptors (Lipinski definition) is 2. The minimum Gasteiger partial charge on any atom is -0.208 e. The van der Waals surface area contributed by atoms with Crippen LogP contribution in [-0.4, -0.2) is 14.5 Å². The smallest absolute Gasteiger partial charge is 0.208 e. The van der Waals surface area contributed by atoms with Crippen LogP contribution in [0.1, 0.15) is 18.4 Å². The molecule has 0 spiro atoms. The fourth-order valence-corrected chi connectivity index (χ4v) is 2.77. The molecule has 1 N–H and O–H groups in total. The standard InChI is InChI=1S/C10H12FNO2S/c1-7-2-5-9(11)10(6-7)15(13,14)12-8-3-4-8/h2,5-6,8,12H,3-4H2,1H3. The van der Waals surface area contributed by atoms with Crippen molar-refractivity contribution >= 4 is 10.0 Å². The van der Waals surface area contributed by atoms with E-state index in [-0.39, 0.29) is 10.9 Å². The summed E-state index contributed by atoms with van der Waals surface area (Å²) < 4.78 is 39.2. The lowest BCUT2D eigenvalue weighted by atomic mass is 10.2. The first-order valence-corrected chi connectivity index (χ1v) is 6.26. The Morgan fingerprint density at radius 2 is 2.07 bits per heavy atom. The molecule has 82 valence electrons. The van der Waals surface area contributed by atoms with Gasteiger partial charge < -0.3 is 0 Å². The van der Waals surface area contributed by atoms with Crippen molar-refractivity contribution in [2.45, 2.75) is 30.7 Å². The van der Waals surface area contributed by atoms with Gasteiger partial charge in [-0.05, 0) is 37.5 Å². The third-order valence-electron chi connectivity index (χ3n) is 2.28. The average molecular weight is 229 g/mol. The van der Waals surface area contributed by atoms with E-state index in [9.17, 15) is 12.8 Å². The number of nitrogens with one attached hydrogen (secondary N) is 1. The van der Waals surface area contributed by atoms with Crippen LogP contribution in [-0.2, 0) is 10.0 Å². The molecule has 1 saturated carbocycles. The highest BCUT2D eigenvalue weighted by atomic mass is 32.2. The molecule has 0 radical (unpaired) electrons. The van der Waals surface area contributed by atoms with Gasteiger partial charge in [-0.1, -0.05) is 6.07 Å². The molecule has 0 aliphatic heterocycles. The molecule has 0 bridgehead atoms. The van der Waals surface area contributed by atoms with Gasteiger partial charge in [-0.25, -0.2) is 17.5 Å². The van der Waals surface area contributed by atoms with E-state index in [0.717, 1.165) is 18.4 Å². The van der Waals surface area contributed by atoms with E-state index >= 15 is 0 Å². The molecule has 0 atom stereocenters. The lowest BCUT2D eigenvalue weighted by Crippen LogP contribution is -2.26. The van der Waals surface area contributed by atoms with Crippen LogP contribution in [0.25, 0.3) is 0 Å². The Morgan fingerprint density at radius 3 is 2.67 bits per heavy atom. The van der Waals surface area contributed by atoms with Gasteiger partial charge in [0.2, 0.25) is 10.0 Å². The summed E-state index contributed by atoms with van der Waals surface area (Å²) in [7, 11) is -3.68. The molecule has 1 aromatic rings. The molecular weight excluding hydrogens is 217 g/mol. The minimum absolute atomic E-state index is 0.00471. The summed E-state index contributed by atoms with van der Waals surface area (Å²) in [5, 5.41) is 0. The van der Waals surface area contributed by atoms with Crippen LogP contribution < -0.4 is 4.72 Å². The van der Waals surface area contributed by atoms with E-state index in [2.05, 4.69) is 4.72 Å². The van der Waals surface area contributed by atoms with Gasteiger partial charge >= 0.3 is 0 Å². The second-order valence-corrected chi connectivity index (χ2v) is 5.51. The maximum absolute atomic E-state index is 13.3. The molecule has 5 heteroatoms. The lowest BCUT2D eigenvalue weighted by molar-refractivity contribution is 0.556. The predicted molar refractivity (Wildman–Crippen MR) is 54.5 cm³/mol. The number of aryl methyl sites for hydroxylation is 1. The van der Waals surface area contributed by atoms with E-state index in [1.165, 1.54) is 12.1 Å². The Hall–Kier alpha value is -0.940. The van der Waals surface area contributed by atoms with Gasteiger partial charge in [0.05, 0.1) is 0 Å². The molecule has 0 heterocycles. The van der Waals surface area contributed by atoms with Gasteiger partial charge in [0.25, 0.3) is 0 Å². The summed E-state index contributed by atoms with van der Waals surface area (Å²) in [4.78, 5) is -0.255. The van der Waals surface area contributed by atoms with Crippen molar-refractivity contribution in [3.63, 3.8) is 0 Å². The van der Waals surface area contributed by atoms with Gasteiger partial charge in [0.15, 0.2) is 0 Å². The van der Waals surface area contributed by atoms with Crippen LogP contribution in [0, 0.1) is 12.7 Å². The molecule has 1 fully saturated rings. The molecule has 1 aromatic carbocycles. The molecule has 3 nitrogen and oxygen atoms in total.